The average molecular weight is 278 g/mol. The van der Waals surface area contributed by atoms with Crippen molar-refractivity contribution in [2.24, 2.45) is 5.92 Å². The first-order valence-corrected chi connectivity index (χ1v) is 6.84. The van der Waals surface area contributed by atoms with E-state index in [2.05, 4.69) is 20.3 Å². The van der Waals surface area contributed by atoms with Crippen molar-refractivity contribution in [3.8, 4) is 0 Å². The van der Waals surface area contributed by atoms with Gasteiger partial charge in [-0.05, 0) is 12.8 Å². The van der Waals surface area contributed by atoms with E-state index in [0.29, 0.717) is 24.3 Å². The van der Waals surface area contributed by atoms with Gasteiger partial charge in [-0.2, -0.15) is 15.0 Å². The molecular formula is C13H22N6O. The van der Waals surface area contributed by atoms with Crippen LogP contribution in [0.1, 0.15) is 25.1 Å². The van der Waals surface area contributed by atoms with E-state index in [0.717, 1.165) is 19.3 Å². The minimum atomic E-state index is 0.106. The quantitative estimate of drug-likeness (QED) is 0.841. The Morgan fingerprint density at radius 3 is 2.05 bits per heavy atom. The summed E-state index contributed by atoms with van der Waals surface area (Å²) < 4.78 is 0. The molecule has 1 saturated carbocycles. The van der Waals surface area contributed by atoms with Crippen molar-refractivity contribution in [2.75, 3.05) is 38.0 Å². The van der Waals surface area contributed by atoms with Crippen molar-refractivity contribution in [2.45, 2.75) is 25.8 Å². The maximum atomic E-state index is 11.8. The third-order valence-corrected chi connectivity index (χ3v) is 3.35. The molecule has 0 aromatic carbocycles. The maximum absolute atomic E-state index is 11.8. The standard InChI is InChI=1S/C13H22N6O/c1-18(2)12-15-10(16-13(17-12)19(3)4)8-14-11(20)9-6-5-7-9/h9H,5-8H2,1-4H3,(H,14,20). The Bertz CT molecular complexity index is 457. The van der Waals surface area contributed by atoms with Crippen LogP contribution in [0.5, 0.6) is 0 Å². The van der Waals surface area contributed by atoms with Gasteiger partial charge < -0.3 is 15.1 Å². The highest BCUT2D eigenvalue weighted by atomic mass is 16.1. The molecule has 20 heavy (non-hydrogen) atoms. The first-order chi connectivity index (χ1) is 9.47. The van der Waals surface area contributed by atoms with Crippen LogP contribution in [-0.4, -0.2) is 49.0 Å². The van der Waals surface area contributed by atoms with Gasteiger partial charge in [0.05, 0.1) is 6.54 Å². The van der Waals surface area contributed by atoms with Gasteiger partial charge in [0.1, 0.15) is 0 Å². The zero-order chi connectivity index (χ0) is 14.7. The second-order valence-electron chi connectivity index (χ2n) is 5.49. The largest absolute Gasteiger partial charge is 0.349 e. The van der Waals surface area contributed by atoms with E-state index < -0.39 is 0 Å². The van der Waals surface area contributed by atoms with E-state index in [1.165, 1.54) is 0 Å². The molecule has 0 radical (unpaired) electrons. The van der Waals surface area contributed by atoms with Gasteiger partial charge in [-0.1, -0.05) is 6.42 Å². The highest BCUT2D eigenvalue weighted by Gasteiger charge is 2.25. The van der Waals surface area contributed by atoms with Crippen LogP contribution >= 0.6 is 0 Å². The van der Waals surface area contributed by atoms with Crippen LogP contribution in [0.15, 0.2) is 0 Å². The molecule has 1 amide bonds. The van der Waals surface area contributed by atoms with E-state index in [9.17, 15) is 4.79 Å². The Hall–Kier alpha value is -1.92. The topological polar surface area (TPSA) is 74.2 Å². The molecule has 1 aliphatic rings. The van der Waals surface area contributed by atoms with Crippen molar-refractivity contribution >= 4 is 17.8 Å². The SMILES string of the molecule is CN(C)c1nc(CNC(=O)C2CCC2)nc(N(C)C)n1. The molecule has 7 nitrogen and oxygen atoms in total. The van der Waals surface area contributed by atoms with Gasteiger partial charge in [0.2, 0.25) is 17.8 Å². The minimum absolute atomic E-state index is 0.106. The van der Waals surface area contributed by atoms with Crippen molar-refractivity contribution in [1.82, 2.24) is 20.3 Å². The molecule has 1 fully saturated rings. The summed E-state index contributed by atoms with van der Waals surface area (Å²) in [7, 11) is 7.52. The number of hydrogen-bond donors (Lipinski definition) is 1. The first kappa shape index (κ1) is 14.5. The number of nitrogens with one attached hydrogen (secondary N) is 1. The van der Waals surface area contributed by atoms with Crippen LogP contribution in [0.4, 0.5) is 11.9 Å². The average Bonchev–Trinajstić information content (AvgIpc) is 2.33. The summed E-state index contributed by atoms with van der Waals surface area (Å²) in [6.45, 7) is 0.347. The van der Waals surface area contributed by atoms with Gasteiger partial charge in [-0.15, -0.1) is 0 Å². The molecule has 1 aromatic rings. The molecule has 0 unspecified atom stereocenters. The Labute approximate surface area is 119 Å². The molecule has 1 heterocycles. The summed E-state index contributed by atoms with van der Waals surface area (Å²) in [5.41, 5.74) is 0. The molecule has 1 aliphatic carbocycles. The molecule has 0 spiro atoms. The fourth-order valence-corrected chi connectivity index (χ4v) is 1.86. The number of nitrogens with zero attached hydrogens (tertiary/aromatic N) is 5. The number of carbonyl (C=O) groups excluding carboxylic acids is 1. The summed E-state index contributed by atoms with van der Waals surface area (Å²) in [5.74, 6) is 2.06. The molecule has 0 bridgehead atoms. The molecule has 7 heteroatoms. The Balaban J connectivity index is 2.07. The van der Waals surface area contributed by atoms with Gasteiger partial charge in [0, 0.05) is 34.1 Å². The van der Waals surface area contributed by atoms with Crippen molar-refractivity contribution in [3.05, 3.63) is 5.82 Å². The zero-order valence-electron chi connectivity index (χ0n) is 12.6. The van der Waals surface area contributed by atoms with Gasteiger partial charge >= 0.3 is 0 Å². The fraction of sp³-hybridized carbons (Fsp3) is 0.692. The smallest absolute Gasteiger partial charge is 0.229 e. The molecule has 0 saturated heterocycles. The van der Waals surface area contributed by atoms with Crippen LogP contribution in [0.3, 0.4) is 0 Å². The van der Waals surface area contributed by atoms with E-state index in [4.69, 9.17) is 0 Å². The van der Waals surface area contributed by atoms with E-state index in [1.54, 1.807) is 0 Å². The summed E-state index contributed by atoms with van der Waals surface area (Å²) in [5, 5.41) is 2.90. The third kappa shape index (κ3) is 3.34. The monoisotopic (exact) mass is 278 g/mol. The highest BCUT2D eigenvalue weighted by molar-refractivity contribution is 5.79. The highest BCUT2D eigenvalue weighted by Crippen LogP contribution is 2.26. The summed E-state index contributed by atoms with van der Waals surface area (Å²) in [6.07, 6.45) is 3.14. The number of anilines is 2. The van der Waals surface area contributed by atoms with Crippen molar-refractivity contribution in [3.63, 3.8) is 0 Å². The summed E-state index contributed by atoms with van der Waals surface area (Å²) in [6, 6.07) is 0. The van der Waals surface area contributed by atoms with Gasteiger partial charge in [0.15, 0.2) is 5.82 Å². The molecule has 0 aliphatic heterocycles. The van der Waals surface area contributed by atoms with Crippen LogP contribution in [0.25, 0.3) is 0 Å². The normalized spacial score (nSPS) is 14.6. The van der Waals surface area contributed by atoms with Gasteiger partial charge in [0.25, 0.3) is 0 Å². The van der Waals surface area contributed by atoms with Gasteiger partial charge in [-0.3, -0.25) is 4.79 Å². The molecule has 1 N–H and O–H groups in total. The summed E-state index contributed by atoms with van der Waals surface area (Å²) >= 11 is 0. The number of amides is 1. The zero-order valence-corrected chi connectivity index (χ0v) is 12.6. The lowest BCUT2D eigenvalue weighted by atomic mass is 9.85. The molecule has 1 aromatic heterocycles. The van der Waals surface area contributed by atoms with Gasteiger partial charge in [-0.25, -0.2) is 0 Å². The Kier molecular flexibility index (Phi) is 4.36. The fourth-order valence-electron chi connectivity index (χ4n) is 1.86. The number of hydrogen-bond acceptors (Lipinski definition) is 6. The third-order valence-electron chi connectivity index (χ3n) is 3.35. The Morgan fingerprint density at radius 1 is 1.10 bits per heavy atom. The van der Waals surface area contributed by atoms with Crippen LogP contribution in [0.2, 0.25) is 0 Å². The molecule has 2 rings (SSSR count). The molecule has 0 atom stereocenters. The minimum Gasteiger partial charge on any atom is -0.349 e. The predicted octanol–water partition coefficient (Wildman–Crippen LogP) is 0.420. The first-order valence-electron chi connectivity index (χ1n) is 6.84. The van der Waals surface area contributed by atoms with Crippen molar-refractivity contribution in [1.29, 1.82) is 0 Å². The summed E-state index contributed by atoms with van der Waals surface area (Å²) in [4.78, 5) is 28.5. The second-order valence-corrected chi connectivity index (χ2v) is 5.49. The van der Waals surface area contributed by atoms with E-state index >= 15 is 0 Å². The number of carbonyl (C=O) groups is 1. The van der Waals surface area contributed by atoms with Crippen LogP contribution in [-0.2, 0) is 11.3 Å². The lowest BCUT2D eigenvalue weighted by molar-refractivity contribution is -0.127. The lowest BCUT2D eigenvalue weighted by Crippen LogP contribution is -2.34. The maximum Gasteiger partial charge on any atom is 0.229 e. The lowest BCUT2D eigenvalue weighted by Gasteiger charge is -2.24. The molecule has 110 valence electrons. The van der Waals surface area contributed by atoms with Crippen molar-refractivity contribution < 1.29 is 4.79 Å². The van der Waals surface area contributed by atoms with E-state index in [1.807, 2.05) is 38.0 Å². The molecular weight excluding hydrogens is 256 g/mol. The van der Waals surface area contributed by atoms with Crippen LogP contribution in [0, 0.1) is 5.92 Å². The van der Waals surface area contributed by atoms with E-state index in [-0.39, 0.29) is 11.8 Å². The number of rotatable bonds is 5. The Morgan fingerprint density at radius 2 is 1.65 bits per heavy atom. The second kappa shape index (κ2) is 6.02. The predicted molar refractivity (Wildman–Crippen MR) is 77.7 cm³/mol. The van der Waals surface area contributed by atoms with Crippen LogP contribution < -0.4 is 15.1 Å². The number of aromatic nitrogens is 3.